The molecule has 2 aromatic carbocycles. The molecule has 1 N–H and O–H groups in total. The summed E-state index contributed by atoms with van der Waals surface area (Å²) in [5, 5.41) is 0. The largest absolute Gasteiger partial charge is 0.493 e. The number of anilines is 2. The highest BCUT2D eigenvalue weighted by Gasteiger charge is 2.65. The molecule has 3 aromatic rings. The molecule has 15 heteroatoms. The number of aromatic nitrogens is 1. The zero-order valence-corrected chi connectivity index (χ0v) is 24.2. The van der Waals surface area contributed by atoms with Gasteiger partial charge >= 0.3 is 10.2 Å². The lowest BCUT2D eigenvalue weighted by atomic mass is 10.0. The molecule has 0 atom stereocenters. The fourth-order valence-corrected chi connectivity index (χ4v) is 4.72. The van der Waals surface area contributed by atoms with Gasteiger partial charge in [0.25, 0.3) is 11.5 Å². The van der Waals surface area contributed by atoms with Gasteiger partial charge in [0.15, 0.2) is 0 Å². The van der Waals surface area contributed by atoms with Crippen LogP contribution in [-0.4, -0.2) is 67.4 Å². The Kier molecular flexibility index (Phi) is 8.54. The van der Waals surface area contributed by atoms with E-state index < -0.39 is 55.2 Å². The number of carbonyl (C=O) groups excluding carboxylic acids is 2. The zero-order valence-electron chi connectivity index (χ0n) is 23.4. The van der Waals surface area contributed by atoms with Crippen LogP contribution in [0.15, 0.2) is 58.4 Å². The molecule has 42 heavy (non-hydrogen) atoms. The van der Waals surface area contributed by atoms with Gasteiger partial charge in [-0.25, -0.2) is 4.39 Å². The van der Waals surface area contributed by atoms with E-state index in [1.165, 1.54) is 19.3 Å². The summed E-state index contributed by atoms with van der Waals surface area (Å²) in [6.45, 7) is 3.16. The molecule has 3 rings (SSSR count). The summed E-state index contributed by atoms with van der Waals surface area (Å²) in [6.07, 6.45) is 1.30. The summed E-state index contributed by atoms with van der Waals surface area (Å²) in [6, 6.07) is 5.25. The number of nitrogens with one attached hydrogen (secondary N) is 1. The smallest absolute Gasteiger partial charge is 0.310 e. The van der Waals surface area contributed by atoms with E-state index in [4.69, 9.17) is 4.74 Å². The molecule has 0 aliphatic heterocycles. The second-order valence-electron chi connectivity index (χ2n) is 9.71. The molecule has 0 saturated carbocycles. The first kappa shape index (κ1) is 32.5. The number of halogens is 6. The number of likely N-dealkylation sites (N-methyl/N-ethyl adjacent to an activating group) is 2. The fraction of sp³-hybridized carbons (Fsp3) is 0.296. The van der Waals surface area contributed by atoms with Gasteiger partial charge in [-0.15, -0.1) is 0 Å². The molecule has 0 bridgehead atoms. The summed E-state index contributed by atoms with van der Waals surface area (Å²) in [5.41, 5.74) is -1.81. The Balaban J connectivity index is 2.21. The summed E-state index contributed by atoms with van der Waals surface area (Å²) < 4.78 is 89.8. The minimum atomic E-state index is -10.2. The van der Waals surface area contributed by atoms with Gasteiger partial charge in [0.2, 0.25) is 5.91 Å². The summed E-state index contributed by atoms with van der Waals surface area (Å²) >= 11 is 0. The van der Waals surface area contributed by atoms with Crippen LogP contribution in [0.4, 0.5) is 35.2 Å². The number of nitrogens with zero attached hydrogens (tertiary/aromatic N) is 3. The van der Waals surface area contributed by atoms with Crippen molar-refractivity contribution in [3.63, 3.8) is 0 Å². The summed E-state index contributed by atoms with van der Waals surface area (Å²) in [7, 11) is -5.61. The van der Waals surface area contributed by atoms with Gasteiger partial charge in [-0.05, 0) is 56.9 Å². The van der Waals surface area contributed by atoms with Crippen molar-refractivity contribution in [3.8, 4) is 16.9 Å². The quantitative estimate of drug-likeness (QED) is 0.260. The maximum Gasteiger partial charge on any atom is 0.310 e. The first-order valence-electron chi connectivity index (χ1n) is 12.5. The Morgan fingerprint density at radius 3 is 2.12 bits per heavy atom. The number of pyridine rings is 1. The number of hydrogen-bond acceptors (Lipinski definition) is 5. The van der Waals surface area contributed by atoms with E-state index in [-0.39, 0.29) is 36.6 Å². The molecule has 230 valence electrons. The predicted octanol–water partition coefficient (Wildman–Crippen LogP) is 6.56. The van der Waals surface area contributed by atoms with E-state index >= 15 is 4.39 Å². The van der Waals surface area contributed by atoms with Crippen molar-refractivity contribution < 1.29 is 38.1 Å². The monoisotopic (exact) mass is 620 g/mol. The molecule has 0 fully saturated rings. The normalized spacial score (nSPS) is 13.3. The van der Waals surface area contributed by atoms with Crippen LogP contribution in [0.3, 0.4) is 0 Å². The molecule has 2 amide bonds. The Hall–Kier alpha value is -3.98. The van der Waals surface area contributed by atoms with Crippen LogP contribution in [0, 0.1) is 5.82 Å². The number of H-pyrrole nitrogens is 1. The van der Waals surface area contributed by atoms with Crippen LogP contribution in [0.5, 0.6) is 5.75 Å². The van der Waals surface area contributed by atoms with E-state index in [0.29, 0.717) is 23.1 Å². The Labute approximate surface area is 238 Å². The lowest BCUT2D eigenvalue weighted by Gasteiger charge is -2.41. The molecule has 0 radical (unpaired) electrons. The van der Waals surface area contributed by atoms with Crippen molar-refractivity contribution >= 4 is 33.4 Å². The van der Waals surface area contributed by atoms with Crippen LogP contribution >= 0.6 is 10.2 Å². The molecule has 0 spiro atoms. The summed E-state index contributed by atoms with van der Waals surface area (Å²) in [5.74, 6) is -2.89. The third kappa shape index (κ3) is 7.45. The van der Waals surface area contributed by atoms with Crippen molar-refractivity contribution in [2.24, 2.45) is 0 Å². The first-order valence-corrected chi connectivity index (χ1v) is 14.4. The Bertz CT molecular complexity index is 1580. The van der Waals surface area contributed by atoms with Crippen molar-refractivity contribution in [1.29, 1.82) is 0 Å². The van der Waals surface area contributed by atoms with Gasteiger partial charge in [0, 0.05) is 44.9 Å². The minimum absolute atomic E-state index is 0.0103. The van der Waals surface area contributed by atoms with Gasteiger partial charge < -0.3 is 19.5 Å². The number of carbonyl (C=O) groups is 2. The van der Waals surface area contributed by atoms with E-state index in [1.807, 2.05) is 0 Å². The van der Waals surface area contributed by atoms with E-state index in [2.05, 4.69) is 4.98 Å². The number of hydrogen-bond donors (Lipinski definition) is 1. The lowest BCUT2D eigenvalue weighted by molar-refractivity contribution is -0.115. The van der Waals surface area contributed by atoms with Crippen molar-refractivity contribution in [1.82, 2.24) is 14.8 Å². The average Bonchev–Trinajstić information content (AvgIpc) is 2.86. The van der Waals surface area contributed by atoms with Crippen LogP contribution in [0.25, 0.3) is 11.1 Å². The SMILES string of the molecule is CCOc1cc(=O)[nH]cc1-c1ccc(N(C(C)=O)c2ccc(S(F)(F)(F)(F)F)cc2C(=O)N(C)CCN(C)C)c(F)c1. The van der Waals surface area contributed by atoms with Crippen molar-refractivity contribution in [2.75, 3.05) is 45.7 Å². The fourth-order valence-electron chi connectivity index (χ4n) is 4.06. The van der Waals surface area contributed by atoms with Gasteiger partial charge in [-0.1, -0.05) is 25.5 Å². The second kappa shape index (κ2) is 11.0. The van der Waals surface area contributed by atoms with Crippen LogP contribution in [0.2, 0.25) is 0 Å². The predicted molar refractivity (Wildman–Crippen MR) is 150 cm³/mol. The van der Waals surface area contributed by atoms with Gasteiger partial charge in [0.05, 0.1) is 23.5 Å². The van der Waals surface area contributed by atoms with E-state index in [9.17, 15) is 33.8 Å². The minimum Gasteiger partial charge on any atom is -0.493 e. The van der Waals surface area contributed by atoms with E-state index in [1.54, 1.807) is 25.9 Å². The zero-order chi connectivity index (χ0) is 31.7. The van der Waals surface area contributed by atoms with Gasteiger partial charge in [0.1, 0.15) is 16.5 Å². The second-order valence-corrected chi connectivity index (χ2v) is 12.1. The highest BCUT2D eigenvalue weighted by Crippen LogP contribution is 3.02. The van der Waals surface area contributed by atoms with Crippen LogP contribution < -0.4 is 15.2 Å². The molecule has 0 unspecified atom stereocenters. The number of ether oxygens (including phenoxy) is 1. The molecule has 8 nitrogen and oxygen atoms in total. The summed E-state index contributed by atoms with van der Waals surface area (Å²) in [4.78, 5) is 41.3. The topological polar surface area (TPSA) is 85.9 Å². The van der Waals surface area contributed by atoms with Crippen molar-refractivity contribution in [2.45, 2.75) is 18.7 Å². The Morgan fingerprint density at radius 1 is 0.929 bits per heavy atom. The van der Waals surface area contributed by atoms with Crippen LogP contribution in [-0.2, 0) is 4.79 Å². The maximum atomic E-state index is 15.6. The maximum absolute atomic E-state index is 15.6. The average molecular weight is 621 g/mol. The number of rotatable bonds is 10. The van der Waals surface area contributed by atoms with Gasteiger partial charge in [-0.2, -0.15) is 0 Å². The van der Waals surface area contributed by atoms with Crippen LogP contribution in [0.1, 0.15) is 24.2 Å². The highest BCUT2D eigenvalue weighted by atomic mass is 32.5. The first-order chi connectivity index (χ1) is 19.2. The molecule has 0 aliphatic rings. The molecular weight excluding hydrogens is 590 g/mol. The highest BCUT2D eigenvalue weighted by molar-refractivity contribution is 8.45. The third-order valence-electron chi connectivity index (χ3n) is 6.11. The standard InChI is InChI=1S/C27H30F6N4O4S/c1-6-41-25-15-26(39)34-16-21(25)18-7-9-24(22(28)13-18)37(17(2)38)23-10-8-19(42(29,30,31,32)33)14-20(23)27(40)36(5)12-11-35(3)4/h7-10,13-16H,6,11-12H2,1-5H3,(H,34,39). The number of amides is 2. The molecule has 1 aromatic heterocycles. The van der Waals surface area contributed by atoms with Gasteiger partial charge in [-0.3, -0.25) is 19.3 Å². The molecular formula is C27H30F6N4O4S. The number of benzene rings is 2. The Morgan fingerprint density at radius 2 is 1.57 bits per heavy atom. The lowest BCUT2D eigenvalue weighted by Crippen LogP contribution is -2.35. The molecule has 0 aliphatic carbocycles. The molecule has 1 heterocycles. The van der Waals surface area contributed by atoms with E-state index in [0.717, 1.165) is 30.0 Å². The molecule has 0 saturated heterocycles. The number of aromatic amines is 1. The third-order valence-corrected chi connectivity index (χ3v) is 7.26. The van der Waals surface area contributed by atoms with Crippen molar-refractivity contribution in [3.05, 3.63) is 70.4 Å².